The third-order valence-corrected chi connectivity index (χ3v) is 9.49. The van der Waals surface area contributed by atoms with Crippen molar-refractivity contribution in [3.8, 4) is 22.7 Å². The predicted octanol–water partition coefficient (Wildman–Crippen LogP) is 7.40. The maximum absolute atomic E-state index is 14.7. The van der Waals surface area contributed by atoms with E-state index in [9.17, 15) is 9.59 Å². The molecule has 1 heterocycles. The predicted molar refractivity (Wildman–Crippen MR) is 159 cm³/mol. The van der Waals surface area contributed by atoms with Crippen molar-refractivity contribution < 1.29 is 9.53 Å². The lowest BCUT2D eigenvalue weighted by atomic mass is 9.62. The van der Waals surface area contributed by atoms with Crippen molar-refractivity contribution in [3.63, 3.8) is 0 Å². The van der Waals surface area contributed by atoms with Crippen LogP contribution in [-0.2, 0) is 11.8 Å². The van der Waals surface area contributed by atoms with Crippen LogP contribution in [0.5, 0.6) is 5.75 Å². The first-order chi connectivity index (χ1) is 19.0. The van der Waals surface area contributed by atoms with E-state index < -0.39 is 0 Å². The highest BCUT2D eigenvalue weighted by molar-refractivity contribution is 9.10. The first-order valence-electron chi connectivity index (χ1n) is 13.3. The van der Waals surface area contributed by atoms with Gasteiger partial charge in [0.15, 0.2) is 10.9 Å². The summed E-state index contributed by atoms with van der Waals surface area (Å²) in [5.41, 5.74) is 4.84. The molecule has 2 aliphatic carbocycles. The minimum absolute atomic E-state index is 0.0183. The van der Waals surface area contributed by atoms with Gasteiger partial charge in [-0.3, -0.25) is 14.2 Å². The van der Waals surface area contributed by atoms with Crippen molar-refractivity contribution in [1.29, 1.82) is 0 Å². The summed E-state index contributed by atoms with van der Waals surface area (Å²) >= 11 is 4.73. The second-order valence-electron chi connectivity index (χ2n) is 10.3. The number of carbonyl (C=O) groups excluding carboxylic acids is 1. The van der Waals surface area contributed by atoms with Gasteiger partial charge in [-0.2, -0.15) is 0 Å². The Morgan fingerprint density at radius 1 is 1.00 bits per heavy atom. The van der Waals surface area contributed by atoms with E-state index in [-0.39, 0.29) is 22.5 Å². The van der Waals surface area contributed by atoms with Gasteiger partial charge >= 0.3 is 0 Å². The first kappa shape index (κ1) is 26.1. The van der Waals surface area contributed by atoms with Crippen LogP contribution in [0.1, 0.15) is 53.6 Å². The van der Waals surface area contributed by atoms with E-state index in [1.807, 2.05) is 54.6 Å². The molecule has 0 aliphatic heterocycles. The number of ketones is 1. The summed E-state index contributed by atoms with van der Waals surface area (Å²) in [5, 5.41) is 0.497. The summed E-state index contributed by atoms with van der Waals surface area (Å²) in [6.07, 6.45) is 6.21. The van der Waals surface area contributed by atoms with E-state index >= 15 is 0 Å². The summed E-state index contributed by atoms with van der Waals surface area (Å²) in [7, 11) is 1.61. The molecule has 3 aromatic carbocycles. The molecular weight excluding hydrogens is 572 g/mol. The van der Waals surface area contributed by atoms with Crippen molar-refractivity contribution in [1.82, 2.24) is 9.55 Å². The van der Waals surface area contributed by atoms with Gasteiger partial charge in [0, 0.05) is 21.0 Å². The number of halogens is 1. The summed E-state index contributed by atoms with van der Waals surface area (Å²) in [5.74, 6) is 0.737. The second kappa shape index (κ2) is 10.8. The van der Waals surface area contributed by atoms with Crippen molar-refractivity contribution in [2.45, 2.75) is 49.1 Å². The molecular formula is C32H29BrN2O3S. The van der Waals surface area contributed by atoms with Gasteiger partial charge in [-0.25, -0.2) is 4.98 Å². The number of para-hydroxylation sites is 2. The third-order valence-electron chi connectivity index (χ3n) is 8.02. The Morgan fingerprint density at radius 3 is 2.49 bits per heavy atom. The molecule has 0 radical (unpaired) electrons. The highest BCUT2D eigenvalue weighted by Gasteiger charge is 2.43. The molecule has 0 N–H and O–H groups in total. The van der Waals surface area contributed by atoms with Gasteiger partial charge in [0.2, 0.25) is 0 Å². The lowest BCUT2D eigenvalue weighted by molar-refractivity contribution is 0.102. The molecule has 0 unspecified atom stereocenters. The maximum atomic E-state index is 14.7. The molecule has 0 bridgehead atoms. The van der Waals surface area contributed by atoms with Crippen LogP contribution in [0, 0.1) is 0 Å². The van der Waals surface area contributed by atoms with Gasteiger partial charge in [-0.15, -0.1) is 0 Å². The average molecular weight is 602 g/mol. The van der Waals surface area contributed by atoms with E-state index in [0.29, 0.717) is 22.2 Å². The van der Waals surface area contributed by atoms with Crippen LogP contribution in [0.3, 0.4) is 0 Å². The fourth-order valence-electron chi connectivity index (χ4n) is 6.16. The number of rotatable bonds is 6. The van der Waals surface area contributed by atoms with Gasteiger partial charge < -0.3 is 4.74 Å². The summed E-state index contributed by atoms with van der Waals surface area (Å²) in [4.78, 5) is 33.0. The smallest absolute Gasteiger partial charge is 0.263 e. The molecule has 6 rings (SSSR count). The number of methoxy groups -OCH3 is 1. The number of carbonyl (C=O) groups is 1. The standard InChI is InChI=1S/C32H29BrN2O3S/c1-38-27-12-6-5-11-25(27)35-30(37)28-29(34-31(35)39-20-26(36)21-13-15-23(33)16-14-21)24-10-4-3-9-22(24)19-32(28)17-7-2-8-18-32/h3-6,9-16H,2,7-8,17-20H2,1H3. The monoisotopic (exact) mass is 600 g/mol. The molecule has 0 saturated heterocycles. The zero-order chi connectivity index (χ0) is 27.0. The molecule has 1 aromatic heterocycles. The lowest BCUT2D eigenvalue weighted by Gasteiger charge is -2.42. The summed E-state index contributed by atoms with van der Waals surface area (Å²) < 4.78 is 8.29. The lowest BCUT2D eigenvalue weighted by Crippen LogP contribution is -2.43. The van der Waals surface area contributed by atoms with E-state index in [2.05, 4.69) is 34.1 Å². The Bertz CT molecular complexity index is 1610. The van der Waals surface area contributed by atoms with Crippen molar-refractivity contribution in [2.24, 2.45) is 0 Å². The molecule has 1 saturated carbocycles. The minimum atomic E-state index is -0.230. The number of thioether (sulfide) groups is 1. The van der Waals surface area contributed by atoms with E-state index in [4.69, 9.17) is 9.72 Å². The Hall–Kier alpha value is -3.16. The Labute approximate surface area is 240 Å². The molecule has 0 atom stereocenters. The number of Topliss-reactive ketones (excluding diaryl/α,β-unsaturated/α-hetero) is 1. The van der Waals surface area contributed by atoms with Crippen LogP contribution < -0.4 is 10.3 Å². The van der Waals surface area contributed by atoms with Crippen molar-refractivity contribution in [3.05, 3.63) is 104 Å². The van der Waals surface area contributed by atoms with E-state index in [1.165, 1.54) is 23.7 Å². The minimum Gasteiger partial charge on any atom is -0.495 e. The van der Waals surface area contributed by atoms with Gasteiger partial charge in [0.1, 0.15) is 5.75 Å². The molecule has 2 aliphatic rings. The molecule has 39 heavy (non-hydrogen) atoms. The van der Waals surface area contributed by atoms with Gasteiger partial charge in [-0.1, -0.05) is 95.5 Å². The Morgan fingerprint density at radius 2 is 1.72 bits per heavy atom. The summed E-state index contributed by atoms with van der Waals surface area (Å²) in [6, 6.07) is 23.2. The van der Waals surface area contributed by atoms with E-state index in [1.54, 1.807) is 11.7 Å². The topological polar surface area (TPSA) is 61.2 Å². The molecule has 5 nitrogen and oxygen atoms in total. The van der Waals surface area contributed by atoms with Crippen LogP contribution in [0.2, 0.25) is 0 Å². The number of benzene rings is 3. The zero-order valence-electron chi connectivity index (χ0n) is 21.8. The van der Waals surface area contributed by atoms with Crippen molar-refractivity contribution >= 4 is 33.5 Å². The second-order valence-corrected chi connectivity index (χ2v) is 12.2. The normalized spacial score (nSPS) is 15.4. The van der Waals surface area contributed by atoms with Crippen LogP contribution in [0.25, 0.3) is 16.9 Å². The Kier molecular flexibility index (Phi) is 7.21. The number of aromatic nitrogens is 2. The largest absolute Gasteiger partial charge is 0.495 e. The van der Waals surface area contributed by atoms with Crippen LogP contribution in [0.4, 0.5) is 0 Å². The first-order valence-corrected chi connectivity index (χ1v) is 15.1. The molecule has 1 spiro atoms. The van der Waals surface area contributed by atoms with Gasteiger partial charge in [0.25, 0.3) is 5.56 Å². The quantitative estimate of drug-likeness (QED) is 0.131. The molecule has 1 fully saturated rings. The zero-order valence-corrected chi connectivity index (χ0v) is 24.2. The van der Waals surface area contributed by atoms with Gasteiger partial charge in [-0.05, 0) is 49.1 Å². The fraction of sp³-hybridized carbons (Fsp3) is 0.281. The number of hydrogen-bond donors (Lipinski definition) is 0. The van der Waals surface area contributed by atoms with Gasteiger partial charge in [0.05, 0.1) is 29.8 Å². The van der Waals surface area contributed by atoms with Crippen LogP contribution in [0.15, 0.2) is 87.2 Å². The highest BCUT2D eigenvalue weighted by atomic mass is 79.9. The number of hydrogen-bond acceptors (Lipinski definition) is 5. The SMILES string of the molecule is COc1ccccc1-n1c(SCC(=O)c2ccc(Br)cc2)nc2c(c1=O)C1(CCCCC1)Cc1ccccc1-2. The molecule has 198 valence electrons. The van der Waals surface area contributed by atoms with Crippen LogP contribution in [-0.4, -0.2) is 28.2 Å². The highest BCUT2D eigenvalue weighted by Crippen LogP contribution is 2.49. The maximum Gasteiger partial charge on any atom is 0.263 e. The van der Waals surface area contributed by atoms with Crippen LogP contribution >= 0.6 is 27.7 Å². The Balaban J connectivity index is 1.55. The van der Waals surface area contributed by atoms with E-state index in [0.717, 1.165) is 53.4 Å². The number of fused-ring (bicyclic) bond motifs is 4. The number of ether oxygens (including phenoxy) is 1. The summed E-state index contributed by atoms with van der Waals surface area (Å²) in [6.45, 7) is 0. The molecule has 4 aromatic rings. The third kappa shape index (κ3) is 4.76. The average Bonchev–Trinajstić information content (AvgIpc) is 2.96. The molecule has 7 heteroatoms. The van der Waals surface area contributed by atoms with Crippen molar-refractivity contribution in [2.75, 3.05) is 12.9 Å². The molecule has 0 amide bonds. The number of nitrogens with zero attached hydrogens (tertiary/aromatic N) is 2. The fourth-order valence-corrected chi connectivity index (χ4v) is 7.32.